The van der Waals surface area contributed by atoms with Crippen molar-refractivity contribution in [1.29, 1.82) is 0 Å². The maximum atomic E-state index is 11.2. The van der Waals surface area contributed by atoms with E-state index < -0.39 is 0 Å². The quantitative estimate of drug-likeness (QED) is 0.628. The number of rotatable bonds is 6. The van der Waals surface area contributed by atoms with E-state index in [2.05, 4.69) is 15.5 Å². The van der Waals surface area contributed by atoms with Gasteiger partial charge in [-0.1, -0.05) is 17.4 Å². The summed E-state index contributed by atoms with van der Waals surface area (Å²) in [5.74, 6) is 0. The molecule has 122 valence electrons. The molecule has 0 radical (unpaired) electrons. The van der Waals surface area contributed by atoms with Crippen LogP contribution in [0.4, 0.5) is 10.8 Å². The van der Waals surface area contributed by atoms with Gasteiger partial charge in [0.1, 0.15) is 0 Å². The topological polar surface area (TPSA) is 90.2 Å². The van der Waals surface area contributed by atoms with Crippen LogP contribution in [0.5, 0.6) is 0 Å². The zero-order valence-corrected chi connectivity index (χ0v) is 14.2. The lowest BCUT2D eigenvalue weighted by Crippen LogP contribution is -2.18. The van der Waals surface area contributed by atoms with E-state index in [-0.39, 0.29) is 16.7 Å². The zero-order valence-electron chi connectivity index (χ0n) is 12.5. The number of benzene rings is 1. The van der Waals surface area contributed by atoms with Crippen LogP contribution in [0.3, 0.4) is 0 Å². The second-order valence-corrected chi connectivity index (χ2v) is 7.49. The molecule has 1 N–H and O–H groups in total. The van der Waals surface area contributed by atoms with E-state index in [1.54, 1.807) is 12.1 Å². The molecule has 2 aromatic rings. The van der Waals surface area contributed by atoms with Gasteiger partial charge in [-0.2, -0.15) is 0 Å². The first kappa shape index (κ1) is 16.2. The van der Waals surface area contributed by atoms with Gasteiger partial charge in [0.2, 0.25) is 5.13 Å². The van der Waals surface area contributed by atoms with Gasteiger partial charge in [0.05, 0.1) is 15.9 Å². The first-order valence-corrected chi connectivity index (χ1v) is 8.87. The Morgan fingerprint density at radius 2 is 2.39 bits per heavy atom. The third kappa shape index (κ3) is 4.18. The Kier molecular flexibility index (Phi) is 5.09. The lowest BCUT2D eigenvalue weighted by atomic mass is 10.2. The van der Waals surface area contributed by atoms with Crippen LogP contribution in [0.25, 0.3) is 0 Å². The fourth-order valence-electron chi connectivity index (χ4n) is 2.28. The number of nitro benzene ring substituents is 1. The van der Waals surface area contributed by atoms with Crippen LogP contribution >= 0.6 is 23.1 Å². The van der Waals surface area contributed by atoms with E-state index in [1.165, 1.54) is 23.1 Å². The monoisotopic (exact) mass is 352 g/mol. The third-order valence-electron chi connectivity index (χ3n) is 3.42. The minimum atomic E-state index is -0.368. The molecule has 3 rings (SSSR count). The van der Waals surface area contributed by atoms with Gasteiger partial charge >= 0.3 is 0 Å². The van der Waals surface area contributed by atoms with E-state index in [1.807, 2.05) is 13.0 Å². The van der Waals surface area contributed by atoms with Crippen molar-refractivity contribution in [3.8, 4) is 0 Å². The van der Waals surface area contributed by atoms with Gasteiger partial charge in [-0.05, 0) is 43.2 Å². The summed E-state index contributed by atoms with van der Waals surface area (Å²) in [5.41, 5.74) is 0.955. The number of ether oxygens (including phenoxy) is 1. The highest BCUT2D eigenvalue weighted by Crippen LogP contribution is 2.37. The molecule has 9 heteroatoms. The maximum Gasteiger partial charge on any atom is 0.283 e. The molecular formula is C14H16N4O3S2. The molecular weight excluding hydrogens is 336 g/mol. The van der Waals surface area contributed by atoms with Gasteiger partial charge in [0.15, 0.2) is 4.34 Å². The SMILES string of the molecule is Cc1ccc(Sc2nnc(NCC3CCCO3)s2)c([N+](=O)[O-])c1. The molecule has 2 heterocycles. The van der Waals surface area contributed by atoms with Gasteiger partial charge in [0.25, 0.3) is 5.69 Å². The highest BCUT2D eigenvalue weighted by molar-refractivity contribution is 8.01. The second-order valence-electron chi connectivity index (χ2n) is 5.22. The second kappa shape index (κ2) is 7.24. The summed E-state index contributed by atoms with van der Waals surface area (Å²) in [5, 5.41) is 23.2. The van der Waals surface area contributed by atoms with Crippen molar-refractivity contribution in [3.05, 3.63) is 33.9 Å². The van der Waals surface area contributed by atoms with Crippen molar-refractivity contribution in [3.63, 3.8) is 0 Å². The molecule has 1 atom stereocenters. The molecule has 1 aliphatic rings. The first-order chi connectivity index (χ1) is 11.1. The summed E-state index contributed by atoms with van der Waals surface area (Å²) in [7, 11) is 0. The Labute approximate surface area is 141 Å². The smallest absolute Gasteiger partial charge is 0.283 e. The number of hydrogen-bond acceptors (Lipinski definition) is 8. The van der Waals surface area contributed by atoms with Gasteiger partial charge in [0, 0.05) is 19.2 Å². The number of anilines is 1. The Hall–Kier alpha value is -1.71. The third-order valence-corrected chi connectivity index (χ3v) is 5.42. The highest BCUT2D eigenvalue weighted by Gasteiger charge is 2.18. The van der Waals surface area contributed by atoms with Gasteiger partial charge in [-0.15, -0.1) is 10.2 Å². The Morgan fingerprint density at radius 3 is 3.13 bits per heavy atom. The Balaban J connectivity index is 1.65. The number of nitrogens with zero attached hydrogens (tertiary/aromatic N) is 3. The Morgan fingerprint density at radius 1 is 1.52 bits per heavy atom. The van der Waals surface area contributed by atoms with Crippen molar-refractivity contribution in [1.82, 2.24) is 10.2 Å². The van der Waals surface area contributed by atoms with Crippen LogP contribution < -0.4 is 5.32 Å². The predicted molar refractivity (Wildman–Crippen MR) is 89.3 cm³/mol. The summed E-state index contributed by atoms with van der Waals surface area (Å²) in [6.45, 7) is 3.37. The van der Waals surface area contributed by atoms with Crippen molar-refractivity contribution >= 4 is 33.9 Å². The van der Waals surface area contributed by atoms with Crippen LogP contribution in [0, 0.1) is 17.0 Å². The molecule has 1 aromatic heterocycles. The largest absolute Gasteiger partial charge is 0.376 e. The van der Waals surface area contributed by atoms with Crippen molar-refractivity contribution < 1.29 is 9.66 Å². The average molecular weight is 352 g/mol. The molecule has 0 aliphatic carbocycles. The van der Waals surface area contributed by atoms with E-state index in [0.717, 1.165) is 25.0 Å². The molecule has 1 aliphatic heterocycles. The van der Waals surface area contributed by atoms with Crippen LogP contribution in [0.1, 0.15) is 18.4 Å². The molecule has 0 bridgehead atoms. The minimum Gasteiger partial charge on any atom is -0.376 e. The number of aryl methyl sites for hydroxylation is 1. The molecule has 1 unspecified atom stereocenters. The summed E-state index contributed by atoms with van der Waals surface area (Å²) in [6, 6.07) is 5.17. The van der Waals surface area contributed by atoms with Crippen molar-refractivity contribution in [2.24, 2.45) is 0 Å². The molecule has 7 nitrogen and oxygen atoms in total. The maximum absolute atomic E-state index is 11.2. The predicted octanol–water partition coefficient (Wildman–Crippen LogP) is 3.50. The first-order valence-electron chi connectivity index (χ1n) is 7.23. The summed E-state index contributed by atoms with van der Waals surface area (Å²) in [4.78, 5) is 11.4. The minimum absolute atomic E-state index is 0.0964. The lowest BCUT2D eigenvalue weighted by Gasteiger charge is -2.08. The van der Waals surface area contributed by atoms with E-state index >= 15 is 0 Å². The molecule has 0 spiro atoms. The lowest BCUT2D eigenvalue weighted by molar-refractivity contribution is -0.387. The molecule has 0 saturated carbocycles. The van der Waals surface area contributed by atoms with Crippen LogP contribution in [-0.4, -0.2) is 34.4 Å². The molecule has 1 fully saturated rings. The fourth-order valence-corrected chi connectivity index (χ4v) is 4.08. The average Bonchev–Trinajstić information content (AvgIpc) is 3.18. The summed E-state index contributed by atoms with van der Waals surface area (Å²) < 4.78 is 6.22. The molecule has 1 saturated heterocycles. The Bertz CT molecular complexity index is 701. The number of nitro groups is 1. The van der Waals surface area contributed by atoms with Crippen LogP contribution in [-0.2, 0) is 4.74 Å². The number of nitrogens with one attached hydrogen (secondary N) is 1. The van der Waals surface area contributed by atoms with Gasteiger partial charge in [-0.25, -0.2) is 0 Å². The zero-order chi connectivity index (χ0) is 16.2. The standard InChI is InChI=1S/C14H16N4O3S2/c1-9-4-5-12(11(7-9)18(19)20)22-14-17-16-13(23-14)15-8-10-3-2-6-21-10/h4-5,7,10H,2-3,6,8H2,1H3,(H,15,16). The van der Waals surface area contributed by atoms with Gasteiger partial charge in [-0.3, -0.25) is 10.1 Å². The van der Waals surface area contributed by atoms with Gasteiger partial charge < -0.3 is 10.1 Å². The number of hydrogen-bond donors (Lipinski definition) is 1. The summed E-state index contributed by atoms with van der Waals surface area (Å²) >= 11 is 2.65. The molecule has 23 heavy (non-hydrogen) atoms. The van der Waals surface area contributed by atoms with Crippen LogP contribution in [0.15, 0.2) is 27.4 Å². The fraction of sp³-hybridized carbons (Fsp3) is 0.429. The summed E-state index contributed by atoms with van der Waals surface area (Å²) in [6.07, 6.45) is 2.39. The highest BCUT2D eigenvalue weighted by atomic mass is 32.2. The van der Waals surface area contributed by atoms with E-state index in [0.29, 0.717) is 20.9 Å². The van der Waals surface area contributed by atoms with E-state index in [9.17, 15) is 10.1 Å². The number of aromatic nitrogens is 2. The van der Waals surface area contributed by atoms with E-state index in [4.69, 9.17) is 4.74 Å². The molecule has 0 amide bonds. The van der Waals surface area contributed by atoms with Crippen LogP contribution in [0.2, 0.25) is 0 Å². The van der Waals surface area contributed by atoms with Crippen molar-refractivity contribution in [2.75, 3.05) is 18.5 Å². The normalized spacial score (nSPS) is 17.3. The van der Waals surface area contributed by atoms with Crippen molar-refractivity contribution in [2.45, 2.75) is 35.1 Å². The molecule has 1 aromatic carbocycles.